The zero-order valence-electron chi connectivity index (χ0n) is 9.11. The third-order valence-corrected chi connectivity index (χ3v) is 3.64. The Morgan fingerprint density at radius 2 is 2.38 bits per heavy atom. The number of hydrogen-bond donors (Lipinski definition) is 1. The first-order chi connectivity index (χ1) is 7.61. The van der Waals surface area contributed by atoms with Crippen molar-refractivity contribution in [3.05, 3.63) is 22.3 Å². The van der Waals surface area contributed by atoms with Gasteiger partial charge in [-0.2, -0.15) is 0 Å². The molecule has 1 amide bonds. The molecule has 2 rings (SSSR count). The number of carbonyl (C=O) groups excluding carboxylic acids is 1. The molecule has 1 aromatic rings. The average Bonchev–Trinajstić information content (AvgIpc) is 2.64. The SMILES string of the molecule is Cc1ccc(N2CC(CN)CC2=O)nc1Br. The zero-order chi connectivity index (χ0) is 11.7. The van der Waals surface area contributed by atoms with E-state index >= 15 is 0 Å². The molecule has 1 saturated heterocycles. The summed E-state index contributed by atoms with van der Waals surface area (Å²) in [6, 6.07) is 3.83. The highest BCUT2D eigenvalue weighted by Crippen LogP contribution is 2.25. The van der Waals surface area contributed by atoms with Gasteiger partial charge in [0.05, 0.1) is 0 Å². The summed E-state index contributed by atoms with van der Waals surface area (Å²) in [4.78, 5) is 17.8. The lowest BCUT2D eigenvalue weighted by Gasteiger charge is -2.15. The lowest BCUT2D eigenvalue weighted by molar-refractivity contribution is -0.117. The maximum atomic E-state index is 11.8. The molecule has 0 saturated carbocycles. The van der Waals surface area contributed by atoms with Crippen molar-refractivity contribution in [1.29, 1.82) is 0 Å². The Balaban J connectivity index is 2.24. The Hall–Kier alpha value is -0.940. The van der Waals surface area contributed by atoms with Crippen LogP contribution in [0.25, 0.3) is 0 Å². The fraction of sp³-hybridized carbons (Fsp3) is 0.455. The van der Waals surface area contributed by atoms with Crippen LogP contribution in [0.2, 0.25) is 0 Å². The van der Waals surface area contributed by atoms with Crippen molar-refractivity contribution in [2.45, 2.75) is 13.3 Å². The maximum Gasteiger partial charge on any atom is 0.228 e. The standard InChI is InChI=1S/C11H14BrN3O/c1-7-2-3-9(14-11(7)12)15-6-8(5-13)4-10(15)16/h2-3,8H,4-6,13H2,1H3. The van der Waals surface area contributed by atoms with E-state index in [1.54, 1.807) is 4.90 Å². The lowest BCUT2D eigenvalue weighted by atomic mass is 10.1. The number of hydrogen-bond acceptors (Lipinski definition) is 3. The molecule has 4 nitrogen and oxygen atoms in total. The number of nitrogens with two attached hydrogens (primary N) is 1. The molecule has 1 fully saturated rings. The highest BCUT2D eigenvalue weighted by molar-refractivity contribution is 9.10. The van der Waals surface area contributed by atoms with Gasteiger partial charge in [0.2, 0.25) is 5.91 Å². The van der Waals surface area contributed by atoms with Gasteiger partial charge < -0.3 is 5.73 Å². The number of pyridine rings is 1. The second-order valence-corrected chi connectivity index (χ2v) is 4.84. The highest BCUT2D eigenvalue weighted by atomic mass is 79.9. The van der Waals surface area contributed by atoms with Gasteiger partial charge >= 0.3 is 0 Å². The Labute approximate surface area is 103 Å². The quantitative estimate of drug-likeness (QED) is 0.836. The minimum absolute atomic E-state index is 0.110. The summed E-state index contributed by atoms with van der Waals surface area (Å²) in [5.74, 6) is 1.08. The molecule has 0 aromatic carbocycles. The van der Waals surface area contributed by atoms with Crippen LogP contribution >= 0.6 is 15.9 Å². The molecular formula is C11H14BrN3O. The van der Waals surface area contributed by atoms with Gasteiger partial charge in [0, 0.05) is 13.0 Å². The molecule has 5 heteroatoms. The van der Waals surface area contributed by atoms with Crippen molar-refractivity contribution >= 4 is 27.7 Å². The van der Waals surface area contributed by atoms with Crippen LogP contribution in [0.4, 0.5) is 5.82 Å². The third-order valence-electron chi connectivity index (χ3n) is 2.84. The van der Waals surface area contributed by atoms with Crippen LogP contribution in [0.3, 0.4) is 0 Å². The normalized spacial score (nSPS) is 20.6. The summed E-state index contributed by atoms with van der Waals surface area (Å²) in [6.45, 7) is 3.20. The minimum atomic E-state index is 0.110. The Morgan fingerprint density at radius 3 is 2.94 bits per heavy atom. The predicted octanol–water partition coefficient (Wildman–Crippen LogP) is 1.46. The molecule has 1 aromatic heterocycles. The number of halogens is 1. The molecule has 0 radical (unpaired) electrons. The van der Waals surface area contributed by atoms with Crippen molar-refractivity contribution < 1.29 is 4.79 Å². The zero-order valence-corrected chi connectivity index (χ0v) is 10.7. The number of amides is 1. The molecule has 1 aliphatic rings. The van der Waals surface area contributed by atoms with Gasteiger partial charge in [-0.15, -0.1) is 0 Å². The molecule has 0 aliphatic carbocycles. The van der Waals surface area contributed by atoms with E-state index in [4.69, 9.17) is 5.73 Å². The molecule has 1 atom stereocenters. The molecule has 0 spiro atoms. The van der Waals surface area contributed by atoms with E-state index in [9.17, 15) is 4.79 Å². The van der Waals surface area contributed by atoms with E-state index in [-0.39, 0.29) is 11.8 Å². The number of nitrogens with zero attached hydrogens (tertiary/aromatic N) is 2. The molecule has 0 bridgehead atoms. The second kappa shape index (κ2) is 4.51. The number of rotatable bonds is 2. The summed E-state index contributed by atoms with van der Waals surface area (Å²) in [5.41, 5.74) is 6.64. The van der Waals surface area contributed by atoms with E-state index in [0.717, 1.165) is 10.2 Å². The van der Waals surface area contributed by atoms with Gasteiger partial charge in [-0.1, -0.05) is 6.07 Å². The van der Waals surface area contributed by atoms with Crippen LogP contribution < -0.4 is 10.6 Å². The summed E-state index contributed by atoms with van der Waals surface area (Å²) in [7, 11) is 0. The van der Waals surface area contributed by atoms with Gasteiger partial charge in [-0.05, 0) is 46.9 Å². The fourth-order valence-corrected chi connectivity index (χ4v) is 2.12. The van der Waals surface area contributed by atoms with E-state index < -0.39 is 0 Å². The molecule has 2 heterocycles. The molecule has 86 valence electrons. The summed E-state index contributed by atoms with van der Waals surface area (Å²) in [5, 5.41) is 0. The van der Waals surface area contributed by atoms with Gasteiger partial charge in [0.25, 0.3) is 0 Å². The molecule has 2 N–H and O–H groups in total. The predicted molar refractivity (Wildman–Crippen MR) is 66.2 cm³/mol. The fourth-order valence-electron chi connectivity index (χ4n) is 1.81. The van der Waals surface area contributed by atoms with E-state index in [1.807, 2.05) is 19.1 Å². The largest absolute Gasteiger partial charge is 0.330 e. The van der Waals surface area contributed by atoms with Gasteiger partial charge in [0.1, 0.15) is 10.4 Å². The maximum absolute atomic E-state index is 11.8. The third kappa shape index (κ3) is 2.10. The number of carbonyl (C=O) groups is 1. The van der Waals surface area contributed by atoms with Crippen LogP contribution in [0.1, 0.15) is 12.0 Å². The average molecular weight is 284 g/mol. The molecule has 16 heavy (non-hydrogen) atoms. The number of aryl methyl sites for hydroxylation is 1. The van der Waals surface area contributed by atoms with Crippen LogP contribution in [-0.2, 0) is 4.79 Å². The number of anilines is 1. The van der Waals surface area contributed by atoms with Gasteiger partial charge in [0.15, 0.2) is 0 Å². The van der Waals surface area contributed by atoms with E-state index in [2.05, 4.69) is 20.9 Å². The van der Waals surface area contributed by atoms with Gasteiger partial charge in [-0.3, -0.25) is 9.69 Å². The smallest absolute Gasteiger partial charge is 0.228 e. The summed E-state index contributed by atoms with van der Waals surface area (Å²) >= 11 is 3.37. The molecule has 1 unspecified atom stereocenters. The van der Waals surface area contributed by atoms with Crippen LogP contribution in [0.5, 0.6) is 0 Å². The Morgan fingerprint density at radius 1 is 1.62 bits per heavy atom. The monoisotopic (exact) mass is 283 g/mol. The van der Waals surface area contributed by atoms with Crippen molar-refractivity contribution in [2.24, 2.45) is 11.7 Å². The van der Waals surface area contributed by atoms with E-state index in [0.29, 0.717) is 25.3 Å². The van der Waals surface area contributed by atoms with E-state index in [1.165, 1.54) is 0 Å². The van der Waals surface area contributed by atoms with Crippen molar-refractivity contribution in [3.63, 3.8) is 0 Å². The van der Waals surface area contributed by atoms with Crippen LogP contribution in [0, 0.1) is 12.8 Å². The second-order valence-electron chi connectivity index (χ2n) is 4.09. The Bertz CT molecular complexity index is 422. The minimum Gasteiger partial charge on any atom is -0.330 e. The van der Waals surface area contributed by atoms with Crippen molar-refractivity contribution in [2.75, 3.05) is 18.0 Å². The topological polar surface area (TPSA) is 59.2 Å². The van der Waals surface area contributed by atoms with Crippen molar-refractivity contribution in [1.82, 2.24) is 4.98 Å². The molecule has 1 aliphatic heterocycles. The summed E-state index contributed by atoms with van der Waals surface area (Å²) in [6.07, 6.45) is 0.531. The first-order valence-corrected chi connectivity index (χ1v) is 6.04. The highest BCUT2D eigenvalue weighted by Gasteiger charge is 2.30. The lowest BCUT2D eigenvalue weighted by Crippen LogP contribution is -2.26. The van der Waals surface area contributed by atoms with Crippen LogP contribution in [0.15, 0.2) is 16.7 Å². The summed E-state index contributed by atoms with van der Waals surface area (Å²) < 4.78 is 0.786. The molecular weight excluding hydrogens is 270 g/mol. The van der Waals surface area contributed by atoms with Gasteiger partial charge in [-0.25, -0.2) is 4.98 Å². The first kappa shape index (κ1) is 11.5. The van der Waals surface area contributed by atoms with Crippen molar-refractivity contribution in [3.8, 4) is 0 Å². The van der Waals surface area contributed by atoms with Crippen LogP contribution in [-0.4, -0.2) is 24.0 Å². The Kier molecular flexibility index (Phi) is 3.25. The first-order valence-electron chi connectivity index (χ1n) is 5.25. The number of aromatic nitrogens is 1.